The highest BCUT2D eigenvalue weighted by atomic mass is 19.4. The van der Waals surface area contributed by atoms with Gasteiger partial charge in [0.1, 0.15) is 17.8 Å². The third-order valence-corrected chi connectivity index (χ3v) is 2.97. The normalized spacial score (nSPS) is 42.9. The van der Waals surface area contributed by atoms with Crippen LogP contribution >= 0.6 is 0 Å². The van der Waals surface area contributed by atoms with Gasteiger partial charge in [0.15, 0.2) is 6.10 Å². The molecular formula is C9H13F3O4. The minimum Gasteiger partial charge on any atom is -0.381 e. The Balaban J connectivity index is 2.18. The molecule has 0 aromatic rings. The van der Waals surface area contributed by atoms with Crippen LogP contribution in [0, 0.1) is 0 Å². The van der Waals surface area contributed by atoms with Gasteiger partial charge in [0.25, 0.3) is 0 Å². The highest BCUT2D eigenvalue weighted by Gasteiger charge is 2.68. The first-order chi connectivity index (χ1) is 7.44. The Morgan fingerprint density at radius 1 is 1.38 bits per heavy atom. The molecule has 2 heterocycles. The molecule has 2 rings (SSSR count). The van der Waals surface area contributed by atoms with Crippen LogP contribution < -0.4 is 0 Å². The van der Waals surface area contributed by atoms with E-state index >= 15 is 0 Å². The molecule has 94 valence electrons. The maximum absolute atomic E-state index is 12.7. The van der Waals surface area contributed by atoms with E-state index in [-0.39, 0.29) is 13.2 Å². The molecule has 16 heavy (non-hydrogen) atoms. The fourth-order valence-corrected chi connectivity index (χ4v) is 2.24. The maximum atomic E-state index is 12.7. The molecule has 2 unspecified atom stereocenters. The first-order valence-electron chi connectivity index (χ1n) is 4.82. The van der Waals surface area contributed by atoms with Gasteiger partial charge in [-0.1, -0.05) is 0 Å². The van der Waals surface area contributed by atoms with Crippen molar-refractivity contribution in [2.24, 2.45) is 0 Å². The summed E-state index contributed by atoms with van der Waals surface area (Å²) in [6.07, 6.45) is -8.23. The number of halogens is 3. The fourth-order valence-electron chi connectivity index (χ4n) is 2.24. The molecule has 0 radical (unpaired) electrons. The van der Waals surface area contributed by atoms with Crippen LogP contribution in [0.1, 0.15) is 0 Å². The highest BCUT2D eigenvalue weighted by Crippen LogP contribution is 2.47. The first kappa shape index (κ1) is 12.1. The van der Waals surface area contributed by atoms with Gasteiger partial charge in [-0.25, -0.2) is 0 Å². The average Bonchev–Trinajstić information content (AvgIpc) is 2.37. The lowest BCUT2D eigenvalue weighted by Crippen LogP contribution is -2.61. The van der Waals surface area contributed by atoms with Crippen molar-refractivity contribution < 1.29 is 32.1 Å². The Bertz CT molecular complexity index is 270. The van der Waals surface area contributed by atoms with E-state index in [2.05, 4.69) is 0 Å². The smallest absolute Gasteiger partial charge is 0.381 e. The van der Waals surface area contributed by atoms with Gasteiger partial charge in [-0.15, -0.1) is 0 Å². The fraction of sp³-hybridized carbons (Fsp3) is 1.00. The van der Waals surface area contributed by atoms with Gasteiger partial charge in [0.2, 0.25) is 0 Å². The molecule has 4 nitrogen and oxygen atoms in total. The summed E-state index contributed by atoms with van der Waals surface area (Å²) in [7, 11) is 2.63. The van der Waals surface area contributed by atoms with Gasteiger partial charge in [-0.05, 0) is 0 Å². The van der Waals surface area contributed by atoms with E-state index < -0.39 is 30.1 Å². The predicted octanol–water partition coefficient (Wildman–Crippen LogP) is 0.746. The van der Waals surface area contributed by atoms with Crippen molar-refractivity contribution in [1.29, 1.82) is 0 Å². The van der Waals surface area contributed by atoms with Crippen LogP contribution in [0.4, 0.5) is 13.2 Å². The lowest BCUT2D eigenvalue weighted by Gasteiger charge is -2.43. The van der Waals surface area contributed by atoms with Crippen molar-refractivity contribution >= 4 is 0 Å². The van der Waals surface area contributed by atoms with Crippen LogP contribution in [0.25, 0.3) is 0 Å². The van der Waals surface area contributed by atoms with Crippen LogP contribution in [-0.4, -0.2) is 57.5 Å². The van der Waals surface area contributed by atoms with Crippen LogP contribution in [0.2, 0.25) is 0 Å². The Morgan fingerprint density at radius 3 is 2.44 bits per heavy atom. The zero-order valence-electron chi connectivity index (χ0n) is 8.91. The molecule has 0 aromatic carbocycles. The van der Waals surface area contributed by atoms with E-state index in [0.29, 0.717) is 0 Å². The van der Waals surface area contributed by atoms with Gasteiger partial charge in [0, 0.05) is 14.2 Å². The Labute approximate surface area is 90.6 Å². The molecule has 2 aliphatic rings. The van der Waals surface area contributed by atoms with Crippen molar-refractivity contribution in [2.75, 3.05) is 27.4 Å². The van der Waals surface area contributed by atoms with Crippen LogP contribution in [0.3, 0.4) is 0 Å². The van der Waals surface area contributed by atoms with Gasteiger partial charge in [0.05, 0.1) is 13.2 Å². The van der Waals surface area contributed by atoms with Crippen LogP contribution in [-0.2, 0) is 18.9 Å². The molecule has 0 bridgehead atoms. The topological polar surface area (TPSA) is 36.9 Å². The SMILES string of the molecule is COCC12CO[C@H]1[C@@H](OC)C(C(F)(F)F)O2. The van der Waals surface area contributed by atoms with Crippen molar-refractivity contribution in [3.63, 3.8) is 0 Å². The number of hydrogen-bond acceptors (Lipinski definition) is 4. The predicted molar refractivity (Wildman–Crippen MR) is 46.1 cm³/mol. The summed E-state index contributed by atoms with van der Waals surface area (Å²) in [5.41, 5.74) is -1.00. The third-order valence-electron chi connectivity index (χ3n) is 2.97. The van der Waals surface area contributed by atoms with E-state index in [4.69, 9.17) is 18.9 Å². The number of hydrogen-bond donors (Lipinski definition) is 0. The maximum Gasteiger partial charge on any atom is 0.417 e. The molecule has 0 spiro atoms. The summed E-state index contributed by atoms with van der Waals surface area (Å²) < 4.78 is 57.9. The number of alkyl halides is 3. The number of methoxy groups -OCH3 is 2. The van der Waals surface area contributed by atoms with Crippen LogP contribution in [0.5, 0.6) is 0 Å². The lowest BCUT2D eigenvalue weighted by molar-refractivity contribution is -0.276. The van der Waals surface area contributed by atoms with Gasteiger partial charge in [-0.2, -0.15) is 13.2 Å². The molecule has 2 fully saturated rings. The third kappa shape index (κ3) is 1.62. The van der Waals surface area contributed by atoms with E-state index in [0.717, 1.165) is 0 Å². The number of fused-ring (bicyclic) bond motifs is 1. The minimum absolute atomic E-state index is 0.0735. The monoisotopic (exact) mass is 242 g/mol. The molecule has 0 saturated carbocycles. The number of rotatable bonds is 3. The van der Waals surface area contributed by atoms with Gasteiger partial charge < -0.3 is 18.9 Å². The average molecular weight is 242 g/mol. The van der Waals surface area contributed by atoms with Crippen molar-refractivity contribution in [1.82, 2.24) is 0 Å². The van der Waals surface area contributed by atoms with E-state index in [1.165, 1.54) is 14.2 Å². The minimum atomic E-state index is -4.46. The van der Waals surface area contributed by atoms with Crippen molar-refractivity contribution in [3.8, 4) is 0 Å². The largest absolute Gasteiger partial charge is 0.417 e. The molecule has 7 heteroatoms. The van der Waals surface area contributed by atoms with Gasteiger partial charge in [-0.3, -0.25) is 0 Å². The second-order valence-electron chi connectivity index (χ2n) is 4.01. The Hall–Kier alpha value is -0.370. The van der Waals surface area contributed by atoms with E-state index in [1.807, 2.05) is 0 Å². The highest BCUT2D eigenvalue weighted by molar-refractivity contribution is 5.11. The summed E-state index contributed by atoms with van der Waals surface area (Å²) in [6, 6.07) is 0. The second kappa shape index (κ2) is 3.83. The van der Waals surface area contributed by atoms with E-state index in [9.17, 15) is 13.2 Å². The molecule has 0 amide bonds. The molecule has 2 saturated heterocycles. The van der Waals surface area contributed by atoms with Gasteiger partial charge >= 0.3 is 6.18 Å². The second-order valence-corrected chi connectivity index (χ2v) is 4.01. The summed E-state index contributed by atoms with van der Waals surface area (Å²) in [5.74, 6) is 0. The van der Waals surface area contributed by atoms with E-state index in [1.54, 1.807) is 0 Å². The summed E-state index contributed by atoms with van der Waals surface area (Å²) in [4.78, 5) is 0. The Kier molecular flexibility index (Phi) is 2.90. The summed E-state index contributed by atoms with van der Waals surface area (Å²) in [6.45, 7) is 0.183. The molecule has 4 atom stereocenters. The summed E-state index contributed by atoms with van der Waals surface area (Å²) >= 11 is 0. The Morgan fingerprint density at radius 2 is 2.06 bits per heavy atom. The lowest BCUT2D eigenvalue weighted by atomic mass is 9.90. The molecular weight excluding hydrogens is 229 g/mol. The summed E-state index contributed by atoms with van der Waals surface area (Å²) in [5, 5.41) is 0. The zero-order valence-corrected chi connectivity index (χ0v) is 8.91. The van der Waals surface area contributed by atoms with Crippen molar-refractivity contribution in [2.45, 2.75) is 30.1 Å². The molecule has 0 N–H and O–H groups in total. The number of ether oxygens (including phenoxy) is 4. The zero-order chi connectivity index (χ0) is 12.0. The molecule has 0 aromatic heterocycles. The van der Waals surface area contributed by atoms with Crippen molar-refractivity contribution in [3.05, 3.63) is 0 Å². The molecule has 2 aliphatic heterocycles. The first-order valence-corrected chi connectivity index (χ1v) is 4.82. The quantitative estimate of drug-likeness (QED) is 0.731. The standard InChI is InChI=1S/C9H13F3O4/c1-13-3-8-4-15-6(8)5(14-2)7(16-8)9(10,11)12/h5-7H,3-4H2,1-2H3/t5-,6+,7?,8?/m1/s1. The molecule has 0 aliphatic carbocycles. The van der Waals surface area contributed by atoms with Crippen LogP contribution in [0.15, 0.2) is 0 Å².